The Morgan fingerprint density at radius 1 is 1.19 bits per heavy atom. The molecule has 1 aliphatic rings. The lowest BCUT2D eigenvalue weighted by atomic mass is 9.95. The molecular weight excluding hydrogens is 348 g/mol. The Morgan fingerprint density at radius 2 is 2.00 bits per heavy atom. The third-order valence-electron chi connectivity index (χ3n) is 4.84. The fourth-order valence-corrected chi connectivity index (χ4v) is 4.00. The summed E-state index contributed by atoms with van der Waals surface area (Å²) < 4.78 is 0. The largest absolute Gasteiger partial charge is 0.351 e. The number of nitrogens with zero attached hydrogens (tertiary/aromatic N) is 2. The molecule has 0 bridgehead atoms. The van der Waals surface area contributed by atoms with Gasteiger partial charge in [0.2, 0.25) is 5.91 Å². The Bertz CT molecular complexity index is 911. The highest BCUT2D eigenvalue weighted by molar-refractivity contribution is 7.09. The van der Waals surface area contributed by atoms with Crippen molar-refractivity contribution in [3.05, 3.63) is 52.3 Å². The zero-order valence-electron chi connectivity index (χ0n) is 14.3. The third-order valence-corrected chi connectivity index (χ3v) is 5.72. The molecule has 0 radical (unpaired) electrons. The van der Waals surface area contributed by atoms with E-state index >= 15 is 0 Å². The second kappa shape index (κ2) is 7.29. The van der Waals surface area contributed by atoms with Crippen LogP contribution in [0, 0.1) is 5.92 Å². The molecule has 134 valence electrons. The lowest BCUT2D eigenvalue weighted by Crippen LogP contribution is -2.43. The maximum atomic E-state index is 12.8. The van der Waals surface area contributed by atoms with Gasteiger partial charge in [0.15, 0.2) is 5.69 Å². The van der Waals surface area contributed by atoms with Crippen molar-refractivity contribution in [1.29, 1.82) is 0 Å². The number of amides is 2. The molecule has 0 aliphatic carbocycles. The number of carbonyl (C=O) groups is 2. The Morgan fingerprint density at radius 3 is 2.77 bits per heavy atom. The van der Waals surface area contributed by atoms with Crippen molar-refractivity contribution < 1.29 is 9.59 Å². The van der Waals surface area contributed by atoms with E-state index in [1.54, 1.807) is 16.2 Å². The van der Waals surface area contributed by atoms with Crippen LogP contribution in [-0.2, 0) is 11.3 Å². The number of nitrogens with one attached hydrogen (secondary N) is 2. The van der Waals surface area contributed by atoms with E-state index in [1.165, 1.54) is 0 Å². The Kier molecular flexibility index (Phi) is 4.71. The summed E-state index contributed by atoms with van der Waals surface area (Å²) in [6.45, 7) is 1.74. The van der Waals surface area contributed by atoms with E-state index in [0.29, 0.717) is 38.2 Å². The van der Waals surface area contributed by atoms with Gasteiger partial charge in [-0.2, -0.15) is 5.10 Å². The molecule has 1 aromatic carbocycles. The molecule has 1 fully saturated rings. The van der Waals surface area contributed by atoms with Crippen molar-refractivity contribution in [2.75, 3.05) is 13.1 Å². The molecule has 6 nitrogen and oxygen atoms in total. The summed E-state index contributed by atoms with van der Waals surface area (Å²) in [6, 6.07) is 11.6. The van der Waals surface area contributed by atoms with Gasteiger partial charge in [-0.25, -0.2) is 0 Å². The van der Waals surface area contributed by atoms with Gasteiger partial charge in [-0.1, -0.05) is 24.3 Å². The summed E-state index contributed by atoms with van der Waals surface area (Å²) >= 11 is 1.64. The fraction of sp³-hybridized carbons (Fsp3) is 0.316. The molecule has 0 unspecified atom stereocenters. The first kappa shape index (κ1) is 16.8. The van der Waals surface area contributed by atoms with Gasteiger partial charge in [-0.15, -0.1) is 11.3 Å². The molecule has 0 spiro atoms. The number of aromatic amines is 1. The highest BCUT2D eigenvalue weighted by Gasteiger charge is 2.29. The number of hydrogen-bond donors (Lipinski definition) is 2. The third kappa shape index (κ3) is 3.35. The van der Waals surface area contributed by atoms with Crippen LogP contribution < -0.4 is 5.32 Å². The normalized spacial score (nSPS) is 15.3. The molecule has 26 heavy (non-hydrogen) atoms. The van der Waals surface area contributed by atoms with Crippen LogP contribution in [0.4, 0.5) is 0 Å². The van der Waals surface area contributed by atoms with E-state index in [9.17, 15) is 9.59 Å². The Hall–Kier alpha value is -2.67. The molecule has 0 atom stereocenters. The van der Waals surface area contributed by atoms with Crippen LogP contribution in [0.2, 0.25) is 0 Å². The quantitative estimate of drug-likeness (QED) is 0.743. The van der Waals surface area contributed by atoms with E-state index < -0.39 is 0 Å². The minimum atomic E-state index is -0.0695. The summed E-state index contributed by atoms with van der Waals surface area (Å²) in [7, 11) is 0. The number of carbonyl (C=O) groups excluding carboxylic acids is 2. The first-order valence-corrected chi connectivity index (χ1v) is 9.63. The number of thiophene rings is 1. The average molecular weight is 368 g/mol. The van der Waals surface area contributed by atoms with Crippen molar-refractivity contribution in [2.45, 2.75) is 19.4 Å². The summed E-state index contributed by atoms with van der Waals surface area (Å²) in [5, 5.41) is 12.9. The summed E-state index contributed by atoms with van der Waals surface area (Å²) in [5.74, 6) is -0.0226. The summed E-state index contributed by atoms with van der Waals surface area (Å²) in [6.07, 6.45) is 1.37. The van der Waals surface area contributed by atoms with Gasteiger partial charge >= 0.3 is 0 Å². The molecule has 0 saturated carbocycles. The van der Waals surface area contributed by atoms with Crippen LogP contribution >= 0.6 is 11.3 Å². The highest BCUT2D eigenvalue weighted by atomic mass is 32.1. The number of hydrogen-bond acceptors (Lipinski definition) is 4. The van der Waals surface area contributed by atoms with Gasteiger partial charge in [0.05, 0.1) is 12.1 Å². The van der Waals surface area contributed by atoms with Crippen LogP contribution in [0.15, 0.2) is 41.8 Å². The minimum absolute atomic E-state index is 0.0325. The number of aromatic nitrogens is 2. The first-order valence-electron chi connectivity index (χ1n) is 8.75. The number of para-hydroxylation sites is 1. The lowest BCUT2D eigenvalue weighted by molar-refractivity contribution is -0.126. The van der Waals surface area contributed by atoms with E-state index in [0.717, 1.165) is 15.8 Å². The standard InChI is InChI=1S/C19H20N4O2S/c24-18(20-12-14-4-3-11-26-14)13-7-9-23(10-8-13)19(25)17-15-5-1-2-6-16(15)21-22-17/h1-6,11,13H,7-10,12H2,(H,20,24)(H,21,22). The molecular formula is C19H20N4O2S. The molecule has 2 amide bonds. The van der Waals surface area contributed by atoms with E-state index in [1.807, 2.05) is 41.8 Å². The van der Waals surface area contributed by atoms with E-state index in [2.05, 4.69) is 15.5 Å². The van der Waals surface area contributed by atoms with E-state index in [-0.39, 0.29) is 17.7 Å². The number of benzene rings is 1. The molecule has 1 aliphatic heterocycles. The SMILES string of the molecule is O=C(NCc1cccs1)C1CCN(C(=O)c2n[nH]c3ccccc23)CC1. The molecule has 1 saturated heterocycles. The minimum Gasteiger partial charge on any atom is -0.351 e. The van der Waals surface area contributed by atoms with Crippen LogP contribution in [0.25, 0.3) is 10.9 Å². The zero-order valence-corrected chi connectivity index (χ0v) is 15.1. The van der Waals surface area contributed by atoms with Gasteiger partial charge in [0.1, 0.15) is 0 Å². The van der Waals surface area contributed by atoms with Gasteiger partial charge in [0, 0.05) is 29.3 Å². The Labute approximate surface area is 155 Å². The topological polar surface area (TPSA) is 78.1 Å². The second-order valence-corrected chi connectivity index (χ2v) is 7.51. The molecule has 2 N–H and O–H groups in total. The maximum absolute atomic E-state index is 12.8. The number of fused-ring (bicyclic) bond motifs is 1. The molecule has 7 heteroatoms. The van der Waals surface area contributed by atoms with Crippen LogP contribution in [0.1, 0.15) is 28.2 Å². The predicted molar refractivity (Wildman–Crippen MR) is 101 cm³/mol. The Balaban J connectivity index is 1.34. The monoisotopic (exact) mass is 368 g/mol. The number of likely N-dealkylation sites (tertiary alicyclic amines) is 1. The fourth-order valence-electron chi connectivity index (χ4n) is 3.35. The van der Waals surface area contributed by atoms with Gasteiger partial charge in [-0.05, 0) is 30.4 Å². The first-order chi connectivity index (χ1) is 12.7. The summed E-state index contributed by atoms with van der Waals surface area (Å²) in [5.41, 5.74) is 1.32. The zero-order chi connectivity index (χ0) is 17.9. The average Bonchev–Trinajstić information content (AvgIpc) is 3.35. The van der Waals surface area contributed by atoms with Crippen molar-refractivity contribution in [3.8, 4) is 0 Å². The molecule has 2 aromatic heterocycles. The van der Waals surface area contributed by atoms with Gasteiger partial charge in [-0.3, -0.25) is 14.7 Å². The predicted octanol–water partition coefficient (Wildman–Crippen LogP) is 2.79. The smallest absolute Gasteiger partial charge is 0.274 e. The number of piperidine rings is 1. The van der Waals surface area contributed by atoms with Crippen molar-refractivity contribution in [3.63, 3.8) is 0 Å². The van der Waals surface area contributed by atoms with Crippen molar-refractivity contribution in [2.24, 2.45) is 5.92 Å². The lowest BCUT2D eigenvalue weighted by Gasteiger charge is -2.31. The second-order valence-electron chi connectivity index (χ2n) is 6.48. The molecule has 3 heterocycles. The van der Waals surface area contributed by atoms with Crippen molar-refractivity contribution >= 4 is 34.1 Å². The molecule has 4 rings (SSSR count). The molecule has 3 aromatic rings. The van der Waals surface area contributed by atoms with Gasteiger partial charge < -0.3 is 10.2 Å². The van der Waals surface area contributed by atoms with E-state index in [4.69, 9.17) is 0 Å². The summed E-state index contributed by atoms with van der Waals surface area (Å²) in [4.78, 5) is 28.1. The maximum Gasteiger partial charge on any atom is 0.274 e. The van der Waals surface area contributed by atoms with Crippen LogP contribution in [0.3, 0.4) is 0 Å². The number of rotatable bonds is 4. The number of H-pyrrole nitrogens is 1. The highest BCUT2D eigenvalue weighted by Crippen LogP contribution is 2.22. The van der Waals surface area contributed by atoms with Gasteiger partial charge in [0.25, 0.3) is 5.91 Å². The van der Waals surface area contributed by atoms with Crippen molar-refractivity contribution in [1.82, 2.24) is 20.4 Å². The van der Waals surface area contributed by atoms with Crippen LogP contribution in [-0.4, -0.2) is 40.0 Å². The van der Waals surface area contributed by atoms with Crippen LogP contribution in [0.5, 0.6) is 0 Å².